The topological polar surface area (TPSA) is 79.0 Å². The number of para-hydroxylation sites is 1. The van der Waals surface area contributed by atoms with Crippen molar-refractivity contribution >= 4 is 46.4 Å². The standard InChI is InChI=1S/C22H22ClN3O4/c1-14(27)30-16-5-4-10-25(12-16)13-21(28)26-19-7-3-2-6-17(19)22(29)24-18-11-15(23)8-9-20(18)26/h2-3,6-9,11,16H,4-5,10,12-13H2,1H3,(H,24,29). The summed E-state index contributed by atoms with van der Waals surface area (Å²) < 4.78 is 5.33. The molecule has 1 N–H and O–H groups in total. The monoisotopic (exact) mass is 427 g/mol. The summed E-state index contributed by atoms with van der Waals surface area (Å²) in [5, 5.41) is 3.31. The molecule has 2 amide bonds. The van der Waals surface area contributed by atoms with E-state index in [9.17, 15) is 14.4 Å². The number of carbonyl (C=O) groups is 3. The van der Waals surface area contributed by atoms with Gasteiger partial charge in [0.15, 0.2) is 0 Å². The second kappa shape index (κ2) is 8.45. The molecule has 156 valence electrons. The van der Waals surface area contributed by atoms with Crippen LogP contribution in [0.1, 0.15) is 30.1 Å². The van der Waals surface area contributed by atoms with Crippen molar-refractivity contribution in [2.45, 2.75) is 25.9 Å². The second-order valence-electron chi connectivity index (χ2n) is 7.47. The van der Waals surface area contributed by atoms with Crippen LogP contribution < -0.4 is 10.2 Å². The van der Waals surface area contributed by atoms with E-state index >= 15 is 0 Å². The largest absolute Gasteiger partial charge is 0.461 e. The molecule has 8 heteroatoms. The Kier molecular flexibility index (Phi) is 5.74. The number of piperidine rings is 1. The molecule has 0 aliphatic carbocycles. The highest BCUT2D eigenvalue weighted by atomic mass is 35.5. The van der Waals surface area contributed by atoms with Crippen molar-refractivity contribution in [1.29, 1.82) is 0 Å². The number of ether oxygens (including phenoxy) is 1. The highest BCUT2D eigenvalue weighted by Crippen LogP contribution is 2.39. The summed E-state index contributed by atoms with van der Waals surface area (Å²) in [4.78, 5) is 41.0. The third kappa shape index (κ3) is 4.17. The fourth-order valence-corrected chi connectivity index (χ4v) is 4.17. The van der Waals surface area contributed by atoms with E-state index in [-0.39, 0.29) is 30.4 Å². The quantitative estimate of drug-likeness (QED) is 0.757. The number of hydrogen-bond acceptors (Lipinski definition) is 5. The molecule has 4 rings (SSSR count). The molecule has 0 radical (unpaired) electrons. The van der Waals surface area contributed by atoms with Gasteiger partial charge in [0.25, 0.3) is 5.91 Å². The van der Waals surface area contributed by atoms with Crippen LogP contribution in [0.5, 0.6) is 0 Å². The molecule has 1 atom stereocenters. The van der Waals surface area contributed by atoms with Crippen LogP contribution in [0, 0.1) is 0 Å². The van der Waals surface area contributed by atoms with E-state index in [2.05, 4.69) is 5.32 Å². The molecule has 1 saturated heterocycles. The number of hydrogen-bond donors (Lipinski definition) is 1. The maximum atomic E-state index is 13.5. The van der Waals surface area contributed by atoms with Crippen molar-refractivity contribution in [3.63, 3.8) is 0 Å². The normalized spacial score (nSPS) is 18.7. The molecule has 2 aromatic carbocycles. The van der Waals surface area contributed by atoms with E-state index in [0.717, 1.165) is 19.4 Å². The van der Waals surface area contributed by atoms with Gasteiger partial charge in [0.05, 0.1) is 29.2 Å². The summed E-state index contributed by atoms with van der Waals surface area (Å²) in [6.45, 7) is 2.78. The molecule has 30 heavy (non-hydrogen) atoms. The predicted octanol–water partition coefficient (Wildman–Crippen LogP) is 3.60. The van der Waals surface area contributed by atoms with Gasteiger partial charge in [-0.15, -0.1) is 0 Å². The van der Waals surface area contributed by atoms with Crippen molar-refractivity contribution in [2.24, 2.45) is 0 Å². The Hall–Kier alpha value is -2.90. The molecule has 2 aromatic rings. The van der Waals surface area contributed by atoms with Crippen molar-refractivity contribution in [3.05, 3.63) is 53.1 Å². The zero-order valence-corrected chi connectivity index (χ0v) is 17.3. The van der Waals surface area contributed by atoms with Crippen LogP contribution in [-0.2, 0) is 14.3 Å². The minimum Gasteiger partial charge on any atom is -0.461 e. The van der Waals surface area contributed by atoms with E-state index in [1.165, 1.54) is 6.92 Å². The van der Waals surface area contributed by atoms with Gasteiger partial charge in [0.1, 0.15) is 6.10 Å². The molecule has 0 bridgehead atoms. The first-order valence-corrected chi connectivity index (χ1v) is 10.2. The van der Waals surface area contributed by atoms with Crippen LogP contribution in [0.15, 0.2) is 42.5 Å². The molecule has 1 unspecified atom stereocenters. The number of carbonyl (C=O) groups excluding carboxylic acids is 3. The zero-order chi connectivity index (χ0) is 21.3. The van der Waals surface area contributed by atoms with Crippen molar-refractivity contribution in [3.8, 4) is 0 Å². The highest BCUT2D eigenvalue weighted by Gasteiger charge is 2.31. The lowest BCUT2D eigenvalue weighted by Gasteiger charge is -2.33. The van der Waals surface area contributed by atoms with Gasteiger partial charge < -0.3 is 10.1 Å². The van der Waals surface area contributed by atoms with Crippen LogP contribution in [-0.4, -0.2) is 48.4 Å². The van der Waals surface area contributed by atoms with E-state index in [1.54, 1.807) is 47.4 Å². The Balaban J connectivity index is 1.65. The molecular formula is C22H22ClN3O4. The Bertz CT molecular complexity index is 1010. The number of benzene rings is 2. The molecule has 0 spiro atoms. The lowest BCUT2D eigenvalue weighted by molar-refractivity contribution is -0.148. The first-order chi connectivity index (χ1) is 14.4. The van der Waals surface area contributed by atoms with Gasteiger partial charge in [0.2, 0.25) is 5.91 Å². The molecular weight excluding hydrogens is 406 g/mol. The van der Waals surface area contributed by atoms with E-state index in [4.69, 9.17) is 16.3 Å². The number of anilines is 3. The van der Waals surface area contributed by atoms with Gasteiger partial charge in [-0.25, -0.2) is 0 Å². The average Bonchev–Trinajstić information content (AvgIpc) is 2.81. The van der Waals surface area contributed by atoms with Gasteiger partial charge in [-0.1, -0.05) is 23.7 Å². The number of halogens is 1. The van der Waals surface area contributed by atoms with Gasteiger partial charge in [0, 0.05) is 18.5 Å². The SMILES string of the molecule is CC(=O)OC1CCCN(CC(=O)N2c3ccc(Cl)cc3NC(=O)c3ccccc32)C1. The molecule has 2 aliphatic heterocycles. The van der Waals surface area contributed by atoms with Gasteiger partial charge in [-0.2, -0.15) is 0 Å². The minimum absolute atomic E-state index is 0.141. The van der Waals surface area contributed by atoms with E-state index in [1.807, 2.05) is 4.90 Å². The van der Waals surface area contributed by atoms with E-state index < -0.39 is 0 Å². The lowest BCUT2D eigenvalue weighted by Crippen LogP contribution is -2.45. The van der Waals surface area contributed by atoms with Crippen molar-refractivity contribution in [2.75, 3.05) is 29.9 Å². The van der Waals surface area contributed by atoms with Gasteiger partial charge >= 0.3 is 5.97 Å². The van der Waals surface area contributed by atoms with E-state index in [0.29, 0.717) is 34.2 Å². The molecule has 0 aromatic heterocycles. The minimum atomic E-state index is -0.315. The van der Waals surface area contributed by atoms with Crippen molar-refractivity contribution < 1.29 is 19.1 Å². The number of nitrogens with one attached hydrogen (secondary N) is 1. The van der Waals surface area contributed by atoms with Gasteiger partial charge in [-0.3, -0.25) is 24.2 Å². The summed E-state index contributed by atoms with van der Waals surface area (Å²) in [5.41, 5.74) is 1.98. The lowest BCUT2D eigenvalue weighted by atomic mass is 10.1. The predicted molar refractivity (Wildman–Crippen MR) is 114 cm³/mol. The number of esters is 1. The maximum Gasteiger partial charge on any atom is 0.302 e. The van der Waals surface area contributed by atoms with Crippen LogP contribution in [0.25, 0.3) is 0 Å². The Labute approximate surface area is 179 Å². The zero-order valence-electron chi connectivity index (χ0n) is 16.6. The van der Waals surface area contributed by atoms with Crippen LogP contribution in [0.4, 0.5) is 17.1 Å². The molecule has 7 nitrogen and oxygen atoms in total. The average molecular weight is 428 g/mol. The summed E-state index contributed by atoms with van der Waals surface area (Å²) in [6.07, 6.45) is 1.42. The summed E-state index contributed by atoms with van der Waals surface area (Å²) >= 11 is 6.13. The fourth-order valence-electron chi connectivity index (χ4n) is 4.00. The maximum absolute atomic E-state index is 13.5. The first-order valence-electron chi connectivity index (χ1n) is 9.85. The molecule has 0 saturated carbocycles. The fraction of sp³-hybridized carbons (Fsp3) is 0.318. The van der Waals surface area contributed by atoms with Crippen LogP contribution >= 0.6 is 11.6 Å². The number of amides is 2. The summed E-state index contributed by atoms with van der Waals surface area (Å²) in [7, 11) is 0. The number of rotatable bonds is 3. The Morgan fingerprint density at radius 2 is 2.00 bits per heavy atom. The van der Waals surface area contributed by atoms with Crippen LogP contribution in [0.2, 0.25) is 5.02 Å². The molecule has 2 aliphatic rings. The number of likely N-dealkylation sites (tertiary alicyclic amines) is 1. The number of nitrogens with zero attached hydrogens (tertiary/aromatic N) is 2. The highest BCUT2D eigenvalue weighted by molar-refractivity contribution is 6.31. The third-order valence-corrected chi connectivity index (χ3v) is 5.48. The molecule has 1 fully saturated rings. The number of fused-ring (bicyclic) bond motifs is 2. The van der Waals surface area contributed by atoms with Crippen molar-refractivity contribution in [1.82, 2.24) is 4.90 Å². The second-order valence-corrected chi connectivity index (χ2v) is 7.91. The Morgan fingerprint density at radius 1 is 1.20 bits per heavy atom. The smallest absolute Gasteiger partial charge is 0.302 e. The third-order valence-electron chi connectivity index (χ3n) is 5.24. The molecule has 2 heterocycles. The van der Waals surface area contributed by atoms with Crippen LogP contribution in [0.3, 0.4) is 0 Å². The first kappa shape index (κ1) is 20.4. The Morgan fingerprint density at radius 3 is 2.80 bits per heavy atom. The summed E-state index contributed by atoms with van der Waals surface area (Å²) in [6, 6.07) is 12.1. The summed E-state index contributed by atoms with van der Waals surface area (Å²) in [5.74, 6) is -0.784. The van der Waals surface area contributed by atoms with Gasteiger partial charge in [-0.05, 0) is 49.7 Å².